The third kappa shape index (κ3) is 3.02. The topological polar surface area (TPSA) is 3.24 Å². The number of benzene rings is 1. The van der Waals surface area contributed by atoms with E-state index in [4.69, 9.17) is 0 Å². The van der Waals surface area contributed by atoms with Crippen molar-refractivity contribution in [3.63, 3.8) is 0 Å². The van der Waals surface area contributed by atoms with E-state index in [0.29, 0.717) is 0 Å². The van der Waals surface area contributed by atoms with Gasteiger partial charge in [0.2, 0.25) is 0 Å². The van der Waals surface area contributed by atoms with Gasteiger partial charge < -0.3 is 4.23 Å². The molecule has 1 aromatic carbocycles. The Bertz CT molecular complexity index is 407. The third-order valence-corrected chi connectivity index (χ3v) is 14.6. The van der Waals surface area contributed by atoms with Crippen LogP contribution in [0.2, 0.25) is 38.3 Å². The van der Waals surface area contributed by atoms with Crippen molar-refractivity contribution in [3.05, 3.63) is 42.0 Å². The van der Waals surface area contributed by atoms with Crippen LogP contribution in [0.5, 0.6) is 0 Å². The van der Waals surface area contributed by atoms with E-state index in [9.17, 15) is 0 Å². The van der Waals surface area contributed by atoms with Crippen LogP contribution in [0.15, 0.2) is 36.4 Å². The van der Waals surface area contributed by atoms with E-state index in [1.165, 1.54) is 17.7 Å². The summed E-state index contributed by atoms with van der Waals surface area (Å²) in [6.45, 7) is 11.3. The summed E-state index contributed by atoms with van der Waals surface area (Å²) in [5, 5.41) is 0. The lowest BCUT2D eigenvalue weighted by Gasteiger charge is -2.38. The molecule has 0 spiro atoms. The van der Waals surface area contributed by atoms with Gasteiger partial charge in [-0.3, -0.25) is 0 Å². The Morgan fingerprint density at radius 3 is 2.11 bits per heavy atom. The molecule has 1 nitrogen and oxygen atoms in total. The van der Waals surface area contributed by atoms with Gasteiger partial charge in [0.1, 0.15) is 16.5 Å². The van der Waals surface area contributed by atoms with Crippen LogP contribution in [0, 0.1) is 0 Å². The fourth-order valence-electron chi connectivity index (χ4n) is 3.05. The van der Waals surface area contributed by atoms with Crippen molar-refractivity contribution in [3.8, 4) is 0 Å². The molecule has 0 aliphatic carbocycles. The Balaban J connectivity index is 2.03. The first-order chi connectivity index (χ1) is 8.42. The molecule has 1 fully saturated rings. The highest BCUT2D eigenvalue weighted by molar-refractivity contribution is 6.95. The molecule has 0 radical (unpaired) electrons. The van der Waals surface area contributed by atoms with Crippen molar-refractivity contribution in [2.24, 2.45) is 0 Å². The fourth-order valence-corrected chi connectivity index (χ4v) is 16.9. The molecule has 0 unspecified atom stereocenters. The summed E-state index contributed by atoms with van der Waals surface area (Å²) in [6.07, 6.45) is 4.64. The Morgan fingerprint density at radius 1 is 1.00 bits per heavy atom. The molecule has 18 heavy (non-hydrogen) atoms. The van der Waals surface area contributed by atoms with Crippen molar-refractivity contribution < 1.29 is 0 Å². The van der Waals surface area contributed by atoms with Gasteiger partial charge in [0.25, 0.3) is 0 Å². The van der Waals surface area contributed by atoms with E-state index in [-0.39, 0.29) is 0 Å². The van der Waals surface area contributed by atoms with Gasteiger partial charge in [-0.1, -0.05) is 68.7 Å². The SMILES string of the molecule is C[Si]1(C)CC[Si](C)(C)N1C/C=C/c1ccccc1. The first-order valence-electron chi connectivity index (χ1n) is 6.91. The number of rotatable bonds is 3. The molecule has 1 heterocycles. The first-order valence-corrected chi connectivity index (χ1v) is 13.2. The normalized spacial score (nSPS) is 22.7. The molecule has 0 bridgehead atoms. The molecule has 1 saturated heterocycles. The maximum Gasteiger partial charge on any atom is 0.115 e. The molecule has 0 N–H and O–H groups in total. The predicted molar refractivity (Wildman–Crippen MR) is 86.8 cm³/mol. The molecule has 0 atom stereocenters. The van der Waals surface area contributed by atoms with Gasteiger partial charge in [-0.15, -0.1) is 0 Å². The van der Waals surface area contributed by atoms with Gasteiger partial charge in [0.15, 0.2) is 0 Å². The molecule has 0 aromatic heterocycles. The highest BCUT2D eigenvalue weighted by Crippen LogP contribution is 2.36. The van der Waals surface area contributed by atoms with Crippen LogP contribution in [0.1, 0.15) is 5.56 Å². The van der Waals surface area contributed by atoms with Crippen molar-refractivity contribution in [2.75, 3.05) is 6.54 Å². The lowest BCUT2D eigenvalue weighted by Crippen LogP contribution is -2.54. The Kier molecular flexibility index (Phi) is 3.94. The molecule has 1 aliphatic heterocycles. The summed E-state index contributed by atoms with van der Waals surface area (Å²) in [6, 6.07) is 13.6. The maximum absolute atomic E-state index is 2.90. The number of hydrogen-bond donors (Lipinski definition) is 0. The van der Waals surface area contributed by atoms with E-state index >= 15 is 0 Å². The second kappa shape index (κ2) is 5.15. The summed E-state index contributed by atoms with van der Waals surface area (Å²) in [4.78, 5) is 0. The van der Waals surface area contributed by atoms with Gasteiger partial charge >= 0.3 is 0 Å². The highest BCUT2D eigenvalue weighted by atomic mass is 28.4. The van der Waals surface area contributed by atoms with Gasteiger partial charge in [-0.25, -0.2) is 0 Å². The maximum atomic E-state index is 2.90. The largest absolute Gasteiger partial charge is 0.342 e. The fraction of sp³-hybridized carbons (Fsp3) is 0.467. The van der Waals surface area contributed by atoms with Crippen LogP contribution in [-0.2, 0) is 0 Å². The first kappa shape index (κ1) is 13.8. The van der Waals surface area contributed by atoms with Crippen LogP contribution < -0.4 is 0 Å². The van der Waals surface area contributed by atoms with Crippen molar-refractivity contribution in [1.82, 2.24) is 4.23 Å². The third-order valence-electron chi connectivity index (χ3n) is 4.21. The second-order valence-electron chi connectivity index (χ2n) is 6.55. The highest BCUT2D eigenvalue weighted by Gasteiger charge is 2.46. The zero-order chi connectivity index (χ0) is 13.2. The summed E-state index contributed by atoms with van der Waals surface area (Å²) in [5.74, 6) is 0. The average molecular weight is 276 g/mol. The minimum atomic E-state index is -1.10. The second-order valence-corrected chi connectivity index (χ2v) is 16.3. The van der Waals surface area contributed by atoms with E-state index in [2.05, 4.69) is 72.9 Å². The zero-order valence-corrected chi connectivity index (χ0v) is 14.1. The molecule has 98 valence electrons. The minimum Gasteiger partial charge on any atom is -0.342 e. The molecule has 1 aromatic rings. The van der Waals surface area contributed by atoms with E-state index in [0.717, 1.165) is 6.54 Å². The lowest BCUT2D eigenvalue weighted by molar-refractivity contribution is 0.704. The molecule has 2 rings (SSSR count). The molecule has 0 saturated carbocycles. The predicted octanol–water partition coefficient (Wildman–Crippen LogP) is 4.43. The Labute approximate surface area is 114 Å². The quantitative estimate of drug-likeness (QED) is 0.738. The monoisotopic (exact) mass is 275 g/mol. The molecular weight excluding hydrogens is 250 g/mol. The summed E-state index contributed by atoms with van der Waals surface area (Å²) in [7, 11) is -2.20. The standard InChI is InChI=1S/C15H25NSi2/c1-17(2)13-14-18(3,4)16(17)12-8-11-15-9-6-5-7-10-15/h5-11H,12-14H2,1-4H3/b11-8+. The summed E-state index contributed by atoms with van der Waals surface area (Å²) >= 11 is 0. The molecule has 1 aliphatic rings. The van der Waals surface area contributed by atoms with Gasteiger partial charge in [-0.05, 0) is 17.7 Å². The molecule has 0 amide bonds. The molecular formula is C15H25NSi2. The smallest absolute Gasteiger partial charge is 0.115 e. The average Bonchev–Trinajstić information content (AvgIpc) is 2.53. The zero-order valence-electron chi connectivity index (χ0n) is 12.1. The van der Waals surface area contributed by atoms with Crippen molar-refractivity contribution >= 4 is 22.5 Å². The van der Waals surface area contributed by atoms with Crippen LogP contribution in [0.25, 0.3) is 6.08 Å². The Hall–Kier alpha value is -0.646. The van der Waals surface area contributed by atoms with Gasteiger partial charge in [-0.2, -0.15) is 0 Å². The van der Waals surface area contributed by atoms with E-state index in [1.54, 1.807) is 0 Å². The van der Waals surface area contributed by atoms with E-state index in [1.807, 2.05) is 0 Å². The van der Waals surface area contributed by atoms with Crippen LogP contribution in [-0.4, -0.2) is 27.2 Å². The Morgan fingerprint density at radius 2 is 1.56 bits per heavy atom. The van der Waals surface area contributed by atoms with Crippen molar-refractivity contribution in [2.45, 2.75) is 38.3 Å². The van der Waals surface area contributed by atoms with Crippen LogP contribution in [0.3, 0.4) is 0 Å². The lowest BCUT2D eigenvalue weighted by atomic mass is 10.2. The number of nitrogens with zero attached hydrogens (tertiary/aromatic N) is 1. The van der Waals surface area contributed by atoms with Gasteiger partial charge in [0, 0.05) is 6.54 Å². The van der Waals surface area contributed by atoms with Crippen molar-refractivity contribution in [1.29, 1.82) is 0 Å². The van der Waals surface area contributed by atoms with Crippen LogP contribution >= 0.6 is 0 Å². The van der Waals surface area contributed by atoms with Crippen LogP contribution in [0.4, 0.5) is 0 Å². The summed E-state index contributed by atoms with van der Waals surface area (Å²) in [5.41, 5.74) is 1.32. The summed E-state index contributed by atoms with van der Waals surface area (Å²) < 4.78 is 2.90. The minimum absolute atomic E-state index is 1.10. The number of hydrogen-bond acceptors (Lipinski definition) is 1. The molecule has 3 heteroatoms. The van der Waals surface area contributed by atoms with E-state index < -0.39 is 16.5 Å². The van der Waals surface area contributed by atoms with Gasteiger partial charge in [0.05, 0.1) is 0 Å².